The zero-order valence-electron chi connectivity index (χ0n) is 10.9. The van der Waals surface area contributed by atoms with Gasteiger partial charge >= 0.3 is 5.97 Å². The van der Waals surface area contributed by atoms with Crippen LogP contribution in [-0.4, -0.2) is 46.0 Å². The molecule has 8 nitrogen and oxygen atoms in total. The third kappa shape index (κ3) is 2.58. The van der Waals surface area contributed by atoms with E-state index in [0.717, 1.165) is 6.33 Å². The van der Waals surface area contributed by atoms with E-state index in [1.165, 1.54) is 0 Å². The number of carbonyl (C=O) groups is 2. The van der Waals surface area contributed by atoms with Crippen molar-refractivity contribution in [2.45, 2.75) is 0 Å². The average Bonchev–Trinajstić information content (AvgIpc) is 2.88. The number of nitrogens with zero attached hydrogens (tertiary/aromatic N) is 3. The van der Waals surface area contributed by atoms with Gasteiger partial charge in [-0.25, -0.2) is 14.8 Å². The number of aromatic carboxylic acids is 1. The van der Waals surface area contributed by atoms with Crippen LogP contribution in [0, 0.1) is 0 Å². The van der Waals surface area contributed by atoms with Crippen LogP contribution in [0.25, 0.3) is 0 Å². The molecule has 0 bridgehead atoms. The molecule has 0 atom stereocenters. The highest BCUT2D eigenvalue weighted by molar-refractivity contribution is 6.09. The number of imidazole rings is 1. The van der Waals surface area contributed by atoms with Crippen molar-refractivity contribution in [2.75, 3.05) is 24.3 Å². The average molecular weight is 275 g/mol. The first kappa shape index (κ1) is 13.5. The van der Waals surface area contributed by atoms with Crippen molar-refractivity contribution in [2.24, 2.45) is 0 Å². The van der Waals surface area contributed by atoms with E-state index in [1.807, 2.05) is 0 Å². The van der Waals surface area contributed by atoms with Crippen molar-refractivity contribution in [3.05, 3.63) is 36.0 Å². The van der Waals surface area contributed by atoms with Gasteiger partial charge in [0.1, 0.15) is 0 Å². The number of H-pyrrole nitrogens is 1. The lowest BCUT2D eigenvalue weighted by molar-refractivity contribution is 0.0686. The van der Waals surface area contributed by atoms with E-state index in [9.17, 15) is 9.59 Å². The molecule has 3 N–H and O–H groups in total. The van der Waals surface area contributed by atoms with Crippen molar-refractivity contribution in [3.8, 4) is 0 Å². The third-order valence-corrected chi connectivity index (χ3v) is 2.53. The fourth-order valence-electron chi connectivity index (χ4n) is 1.66. The Labute approximate surface area is 114 Å². The summed E-state index contributed by atoms with van der Waals surface area (Å²) in [5.41, 5.74) is 0.0469. The standard InChI is InChI=1S/C12H13N5O3/c1-17(2)10-7(4-3-5-13-10)16-11(18)8-9(12(19)20)15-6-14-8/h3-6H,1-2H3,(H,14,15)(H,16,18)(H,19,20). The van der Waals surface area contributed by atoms with E-state index in [2.05, 4.69) is 20.3 Å². The summed E-state index contributed by atoms with van der Waals surface area (Å²) in [6.45, 7) is 0. The lowest BCUT2D eigenvalue weighted by Crippen LogP contribution is -2.19. The number of nitrogens with one attached hydrogen (secondary N) is 2. The van der Waals surface area contributed by atoms with Gasteiger partial charge in [-0.3, -0.25) is 4.79 Å². The van der Waals surface area contributed by atoms with Crippen LogP contribution in [0.15, 0.2) is 24.7 Å². The summed E-state index contributed by atoms with van der Waals surface area (Å²) in [4.78, 5) is 35.0. The van der Waals surface area contributed by atoms with E-state index in [-0.39, 0.29) is 11.4 Å². The number of carboxylic acid groups (broad SMARTS) is 1. The van der Waals surface area contributed by atoms with Crippen molar-refractivity contribution in [1.29, 1.82) is 0 Å². The number of aromatic nitrogens is 3. The molecule has 1 amide bonds. The summed E-state index contributed by atoms with van der Waals surface area (Å²) in [5, 5.41) is 11.5. The normalized spacial score (nSPS) is 10.1. The van der Waals surface area contributed by atoms with Crippen LogP contribution in [0.4, 0.5) is 11.5 Å². The van der Waals surface area contributed by atoms with Gasteiger partial charge < -0.3 is 20.3 Å². The van der Waals surface area contributed by atoms with Gasteiger partial charge in [-0.1, -0.05) is 0 Å². The molecule has 0 spiro atoms. The molecule has 0 radical (unpaired) electrons. The zero-order chi connectivity index (χ0) is 14.7. The van der Waals surface area contributed by atoms with Gasteiger partial charge in [0.2, 0.25) is 0 Å². The van der Waals surface area contributed by atoms with Gasteiger partial charge in [0.05, 0.1) is 12.0 Å². The van der Waals surface area contributed by atoms with Crippen LogP contribution >= 0.6 is 0 Å². The number of rotatable bonds is 4. The van der Waals surface area contributed by atoms with Crippen molar-refractivity contribution in [1.82, 2.24) is 15.0 Å². The molecule has 0 aliphatic rings. The molecule has 0 aliphatic heterocycles. The Balaban J connectivity index is 2.29. The largest absolute Gasteiger partial charge is 0.477 e. The predicted octanol–water partition coefficient (Wildman–Crippen LogP) is 0.821. The molecule has 2 aromatic heterocycles. The Morgan fingerprint density at radius 1 is 1.35 bits per heavy atom. The van der Waals surface area contributed by atoms with Gasteiger partial charge in [-0.05, 0) is 12.1 Å². The van der Waals surface area contributed by atoms with E-state index >= 15 is 0 Å². The van der Waals surface area contributed by atoms with Gasteiger partial charge in [0, 0.05) is 20.3 Å². The Bertz CT molecular complexity index is 650. The number of hydrogen-bond acceptors (Lipinski definition) is 5. The molecular formula is C12H13N5O3. The lowest BCUT2D eigenvalue weighted by atomic mass is 10.3. The van der Waals surface area contributed by atoms with Crippen molar-refractivity contribution >= 4 is 23.4 Å². The Kier molecular flexibility index (Phi) is 3.65. The van der Waals surface area contributed by atoms with Crippen LogP contribution in [0.3, 0.4) is 0 Å². The van der Waals surface area contributed by atoms with Crippen LogP contribution in [0.1, 0.15) is 21.0 Å². The Morgan fingerprint density at radius 3 is 2.75 bits per heavy atom. The molecule has 8 heteroatoms. The Morgan fingerprint density at radius 2 is 2.10 bits per heavy atom. The number of anilines is 2. The molecule has 0 fully saturated rings. The molecule has 0 aromatic carbocycles. The van der Waals surface area contributed by atoms with E-state index in [1.54, 1.807) is 37.3 Å². The minimum atomic E-state index is -1.24. The fraction of sp³-hybridized carbons (Fsp3) is 0.167. The molecule has 0 unspecified atom stereocenters. The van der Waals surface area contributed by atoms with Crippen LogP contribution in [0.2, 0.25) is 0 Å². The highest BCUT2D eigenvalue weighted by Crippen LogP contribution is 2.21. The van der Waals surface area contributed by atoms with E-state index in [4.69, 9.17) is 5.11 Å². The van der Waals surface area contributed by atoms with Crippen molar-refractivity contribution in [3.63, 3.8) is 0 Å². The maximum absolute atomic E-state index is 12.1. The SMILES string of the molecule is CN(C)c1ncccc1NC(=O)c1nc[nH]c1C(=O)O. The van der Waals surface area contributed by atoms with Gasteiger partial charge in [-0.2, -0.15) is 0 Å². The second kappa shape index (κ2) is 5.39. The second-order valence-electron chi connectivity index (χ2n) is 4.15. The first-order valence-electron chi connectivity index (χ1n) is 5.71. The summed E-state index contributed by atoms with van der Waals surface area (Å²) in [6, 6.07) is 3.35. The summed E-state index contributed by atoms with van der Waals surface area (Å²) >= 11 is 0. The van der Waals surface area contributed by atoms with Gasteiger partial charge in [0.25, 0.3) is 5.91 Å². The van der Waals surface area contributed by atoms with E-state index in [0.29, 0.717) is 11.5 Å². The quantitative estimate of drug-likeness (QED) is 0.761. The summed E-state index contributed by atoms with van der Waals surface area (Å²) < 4.78 is 0. The molecule has 2 rings (SSSR count). The summed E-state index contributed by atoms with van der Waals surface area (Å²) in [5.74, 6) is -1.29. The maximum Gasteiger partial charge on any atom is 0.354 e. The molecule has 0 saturated heterocycles. The molecule has 2 heterocycles. The fourth-order valence-corrected chi connectivity index (χ4v) is 1.66. The van der Waals surface area contributed by atoms with Crippen LogP contribution in [-0.2, 0) is 0 Å². The summed E-state index contributed by atoms with van der Waals surface area (Å²) in [6.07, 6.45) is 2.76. The van der Waals surface area contributed by atoms with Crippen LogP contribution < -0.4 is 10.2 Å². The molecule has 104 valence electrons. The zero-order valence-corrected chi connectivity index (χ0v) is 10.9. The monoisotopic (exact) mass is 275 g/mol. The minimum absolute atomic E-state index is 0.175. The maximum atomic E-state index is 12.1. The Hall–Kier alpha value is -2.90. The minimum Gasteiger partial charge on any atom is -0.477 e. The topological polar surface area (TPSA) is 111 Å². The highest BCUT2D eigenvalue weighted by atomic mass is 16.4. The van der Waals surface area contributed by atoms with Gasteiger partial charge in [0.15, 0.2) is 17.2 Å². The van der Waals surface area contributed by atoms with Crippen molar-refractivity contribution < 1.29 is 14.7 Å². The number of hydrogen-bond donors (Lipinski definition) is 3. The number of pyridine rings is 1. The summed E-state index contributed by atoms with van der Waals surface area (Å²) in [7, 11) is 3.57. The third-order valence-electron chi connectivity index (χ3n) is 2.53. The molecule has 20 heavy (non-hydrogen) atoms. The predicted molar refractivity (Wildman–Crippen MR) is 72.1 cm³/mol. The number of amides is 1. The van der Waals surface area contributed by atoms with Gasteiger partial charge in [-0.15, -0.1) is 0 Å². The first-order chi connectivity index (χ1) is 9.50. The van der Waals surface area contributed by atoms with E-state index < -0.39 is 11.9 Å². The molecular weight excluding hydrogens is 262 g/mol. The smallest absolute Gasteiger partial charge is 0.354 e. The van der Waals surface area contributed by atoms with Crippen LogP contribution in [0.5, 0.6) is 0 Å². The molecule has 0 aliphatic carbocycles. The number of aromatic amines is 1. The molecule has 2 aromatic rings. The number of carboxylic acids is 1. The highest BCUT2D eigenvalue weighted by Gasteiger charge is 2.20. The number of carbonyl (C=O) groups excluding carboxylic acids is 1. The first-order valence-corrected chi connectivity index (χ1v) is 5.71. The molecule has 0 saturated carbocycles. The lowest BCUT2D eigenvalue weighted by Gasteiger charge is -2.15. The second-order valence-corrected chi connectivity index (χ2v) is 4.15.